The van der Waals surface area contributed by atoms with Crippen LogP contribution in [0.4, 0.5) is 0 Å². The zero-order valence-electron chi connectivity index (χ0n) is 10.2. The molecule has 0 aromatic carbocycles. The molecule has 1 nitrogen and oxygen atoms in total. The van der Waals surface area contributed by atoms with Gasteiger partial charge in [0.25, 0.3) is 0 Å². The first-order valence-corrected chi connectivity index (χ1v) is 6.45. The lowest BCUT2D eigenvalue weighted by molar-refractivity contribution is 0.186. The summed E-state index contributed by atoms with van der Waals surface area (Å²) in [5, 5.41) is 3.31. The highest BCUT2D eigenvalue weighted by molar-refractivity contribution is 4.77. The fourth-order valence-corrected chi connectivity index (χ4v) is 2.51. The minimum absolute atomic E-state index is 0.703. The van der Waals surface area contributed by atoms with Gasteiger partial charge in [-0.05, 0) is 32.2 Å². The molecular formula is C13H27N. The molecule has 1 aliphatic rings. The molecule has 1 heteroatoms. The lowest BCUT2D eigenvalue weighted by atomic mass is 9.73. The smallest absolute Gasteiger partial charge is 0.00357 e. The molecule has 1 rings (SSSR count). The Balaban J connectivity index is 2.08. The Morgan fingerprint density at radius 1 is 1.29 bits per heavy atom. The van der Waals surface area contributed by atoms with Crippen LogP contribution in [0.3, 0.4) is 0 Å². The molecule has 2 atom stereocenters. The van der Waals surface area contributed by atoms with E-state index in [1.807, 2.05) is 0 Å². The maximum absolute atomic E-state index is 3.31. The van der Waals surface area contributed by atoms with E-state index in [4.69, 9.17) is 0 Å². The fraction of sp³-hybridized carbons (Fsp3) is 1.00. The predicted octanol–water partition coefficient (Wildman–Crippen LogP) is 3.59. The molecule has 0 heterocycles. The molecule has 84 valence electrons. The van der Waals surface area contributed by atoms with Crippen molar-refractivity contribution in [2.24, 2.45) is 11.8 Å². The lowest BCUT2D eigenvalue weighted by Crippen LogP contribution is -2.23. The summed E-state index contributed by atoms with van der Waals surface area (Å²) in [7, 11) is 2.06. The standard InChI is InChI=1S/C13H27N/c1-4-12(13-9-6-10-13)8-5-7-11(2)14-3/h11-14H,4-10H2,1-3H3/t11-,12?/m0/s1. The molecule has 1 aliphatic carbocycles. The highest BCUT2D eigenvalue weighted by atomic mass is 14.8. The normalized spacial score (nSPS) is 21.6. The molecule has 0 aliphatic heterocycles. The second-order valence-corrected chi connectivity index (χ2v) is 4.98. The van der Waals surface area contributed by atoms with Crippen LogP contribution < -0.4 is 5.32 Å². The van der Waals surface area contributed by atoms with Crippen LogP contribution in [0.1, 0.15) is 58.8 Å². The molecule has 0 bridgehead atoms. The molecule has 0 aromatic heterocycles. The molecule has 1 unspecified atom stereocenters. The third-order valence-electron chi connectivity index (χ3n) is 4.05. The van der Waals surface area contributed by atoms with E-state index in [0.29, 0.717) is 6.04 Å². The van der Waals surface area contributed by atoms with Gasteiger partial charge in [0.2, 0.25) is 0 Å². The van der Waals surface area contributed by atoms with Gasteiger partial charge >= 0.3 is 0 Å². The summed E-state index contributed by atoms with van der Waals surface area (Å²) in [4.78, 5) is 0. The van der Waals surface area contributed by atoms with E-state index < -0.39 is 0 Å². The second kappa shape index (κ2) is 6.44. The van der Waals surface area contributed by atoms with E-state index in [1.165, 1.54) is 44.9 Å². The molecule has 14 heavy (non-hydrogen) atoms. The van der Waals surface area contributed by atoms with E-state index in [9.17, 15) is 0 Å². The third-order valence-corrected chi connectivity index (χ3v) is 4.05. The highest BCUT2D eigenvalue weighted by Gasteiger charge is 2.25. The van der Waals surface area contributed by atoms with E-state index >= 15 is 0 Å². The SMILES string of the molecule is CCC(CCC[C@H](C)NC)C1CCC1. The highest BCUT2D eigenvalue weighted by Crippen LogP contribution is 2.37. The maximum atomic E-state index is 3.31. The topological polar surface area (TPSA) is 12.0 Å². The van der Waals surface area contributed by atoms with Gasteiger partial charge in [-0.15, -0.1) is 0 Å². The lowest BCUT2D eigenvalue weighted by Gasteiger charge is -2.33. The molecule has 0 saturated heterocycles. The summed E-state index contributed by atoms with van der Waals surface area (Å²) < 4.78 is 0. The zero-order valence-corrected chi connectivity index (χ0v) is 10.2. The monoisotopic (exact) mass is 197 g/mol. The molecule has 1 fully saturated rings. The molecular weight excluding hydrogens is 170 g/mol. The Kier molecular flexibility index (Phi) is 5.54. The van der Waals surface area contributed by atoms with Crippen LogP contribution in [0.5, 0.6) is 0 Å². The van der Waals surface area contributed by atoms with Gasteiger partial charge in [0.1, 0.15) is 0 Å². The van der Waals surface area contributed by atoms with Crippen molar-refractivity contribution in [3.05, 3.63) is 0 Å². The van der Waals surface area contributed by atoms with Crippen molar-refractivity contribution < 1.29 is 0 Å². The number of nitrogens with one attached hydrogen (secondary N) is 1. The van der Waals surface area contributed by atoms with E-state index in [2.05, 4.69) is 26.2 Å². The van der Waals surface area contributed by atoms with Crippen LogP contribution in [-0.4, -0.2) is 13.1 Å². The van der Waals surface area contributed by atoms with Crippen LogP contribution in [0, 0.1) is 11.8 Å². The third kappa shape index (κ3) is 3.61. The van der Waals surface area contributed by atoms with Gasteiger partial charge in [-0.25, -0.2) is 0 Å². The van der Waals surface area contributed by atoms with Crippen LogP contribution in [-0.2, 0) is 0 Å². The molecule has 0 amide bonds. The summed E-state index contributed by atoms with van der Waals surface area (Å²) >= 11 is 0. The van der Waals surface area contributed by atoms with Gasteiger partial charge in [0, 0.05) is 6.04 Å². The average molecular weight is 197 g/mol. The van der Waals surface area contributed by atoms with Crippen molar-refractivity contribution in [2.45, 2.75) is 64.8 Å². The van der Waals surface area contributed by atoms with Gasteiger partial charge in [0.15, 0.2) is 0 Å². The van der Waals surface area contributed by atoms with Crippen molar-refractivity contribution in [3.63, 3.8) is 0 Å². The Bertz CT molecular complexity index is 140. The van der Waals surface area contributed by atoms with E-state index in [0.717, 1.165) is 11.8 Å². The molecule has 1 N–H and O–H groups in total. The van der Waals surface area contributed by atoms with Gasteiger partial charge in [0.05, 0.1) is 0 Å². The van der Waals surface area contributed by atoms with E-state index in [-0.39, 0.29) is 0 Å². The number of hydrogen-bond acceptors (Lipinski definition) is 1. The minimum Gasteiger partial charge on any atom is -0.317 e. The Morgan fingerprint density at radius 2 is 2.00 bits per heavy atom. The first-order chi connectivity index (χ1) is 6.77. The quantitative estimate of drug-likeness (QED) is 0.657. The van der Waals surface area contributed by atoms with Gasteiger partial charge in [-0.3, -0.25) is 0 Å². The summed E-state index contributed by atoms with van der Waals surface area (Å²) in [6, 6.07) is 0.703. The zero-order chi connectivity index (χ0) is 10.4. The second-order valence-electron chi connectivity index (χ2n) is 4.98. The van der Waals surface area contributed by atoms with Crippen LogP contribution in [0.25, 0.3) is 0 Å². The fourth-order valence-electron chi connectivity index (χ4n) is 2.51. The van der Waals surface area contributed by atoms with Crippen LogP contribution in [0.2, 0.25) is 0 Å². The molecule has 0 spiro atoms. The van der Waals surface area contributed by atoms with Gasteiger partial charge < -0.3 is 5.32 Å². The van der Waals surface area contributed by atoms with Crippen molar-refractivity contribution in [1.82, 2.24) is 5.32 Å². The summed E-state index contributed by atoms with van der Waals surface area (Å²) in [6.45, 7) is 4.65. The van der Waals surface area contributed by atoms with Gasteiger partial charge in [-0.2, -0.15) is 0 Å². The van der Waals surface area contributed by atoms with Crippen molar-refractivity contribution in [1.29, 1.82) is 0 Å². The summed E-state index contributed by atoms with van der Waals surface area (Å²) in [5.41, 5.74) is 0. The molecule has 0 radical (unpaired) electrons. The predicted molar refractivity (Wildman–Crippen MR) is 63.5 cm³/mol. The van der Waals surface area contributed by atoms with Crippen molar-refractivity contribution >= 4 is 0 Å². The Morgan fingerprint density at radius 3 is 2.43 bits per heavy atom. The largest absolute Gasteiger partial charge is 0.317 e. The van der Waals surface area contributed by atoms with Crippen molar-refractivity contribution in [2.75, 3.05) is 7.05 Å². The maximum Gasteiger partial charge on any atom is 0.00357 e. The van der Waals surface area contributed by atoms with Crippen LogP contribution >= 0.6 is 0 Å². The van der Waals surface area contributed by atoms with Crippen molar-refractivity contribution in [3.8, 4) is 0 Å². The van der Waals surface area contributed by atoms with Gasteiger partial charge in [-0.1, -0.05) is 45.4 Å². The number of rotatable bonds is 7. The number of hydrogen-bond donors (Lipinski definition) is 1. The summed E-state index contributed by atoms with van der Waals surface area (Å²) in [5.74, 6) is 2.12. The first kappa shape index (κ1) is 12.0. The van der Waals surface area contributed by atoms with E-state index in [1.54, 1.807) is 0 Å². The minimum atomic E-state index is 0.703. The first-order valence-electron chi connectivity index (χ1n) is 6.45. The van der Waals surface area contributed by atoms with Crippen LogP contribution in [0.15, 0.2) is 0 Å². The average Bonchev–Trinajstić information content (AvgIpc) is 2.13. The molecule has 0 aromatic rings. The molecule has 1 saturated carbocycles. The Labute approximate surface area is 89.7 Å². The summed E-state index contributed by atoms with van der Waals surface area (Å²) in [6.07, 6.45) is 10.1. The Hall–Kier alpha value is -0.0400.